The monoisotopic (exact) mass is 366 g/mol. The zero-order valence-corrected chi connectivity index (χ0v) is 14.1. The molecule has 7 heteroatoms. The van der Waals surface area contributed by atoms with Crippen LogP contribution in [-0.4, -0.2) is 29.9 Å². The number of carbonyl (C=O) groups is 1. The van der Waals surface area contributed by atoms with Crippen LogP contribution in [-0.2, 0) is 17.5 Å². The van der Waals surface area contributed by atoms with Gasteiger partial charge in [-0.3, -0.25) is 9.69 Å². The number of benzene rings is 2. The molecule has 0 N–H and O–H groups in total. The first-order valence-corrected chi connectivity index (χ1v) is 8.23. The molecular weight excluding hydrogens is 348 g/mol. The zero-order valence-electron chi connectivity index (χ0n) is 14.1. The molecule has 1 amide bonds. The van der Waals surface area contributed by atoms with Crippen molar-refractivity contribution in [3.8, 4) is 0 Å². The molecular formula is C19H18F4N2O. The summed E-state index contributed by atoms with van der Waals surface area (Å²) in [6.45, 7) is 3.02. The molecule has 1 fully saturated rings. The molecule has 0 spiro atoms. The molecule has 1 saturated heterocycles. The van der Waals surface area contributed by atoms with E-state index in [9.17, 15) is 22.4 Å². The molecule has 0 unspecified atom stereocenters. The van der Waals surface area contributed by atoms with E-state index < -0.39 is 17.8 Å². The summed E-state index contributed by atoms with van der Waals surface area (Å²) in [4.78, 5) is 16.0. The largest absolute Gasteiger partial charge is 0.416 e. The first-order valence-electron chi connectivity index (χ1n) is 8.23. The van der Waals surface area contributed by atoms with Gasteiger partial charge in [0.25, 0.3) is 0 Å². The van der Waals surface area contributed by atoms with Crippen molar-refractivity contribution in [3.05, 3.63) is 65.5 Å². The Morgan fingerprint density at radius 2 is 1.77 bits per heavy atom. The lowest BCUT2D eigenvalue weighted by atomic mass is 10.1. The maximum Gasteiger partial charge on any atom is 0.416 e. The number of hydrogen-bond donors (Lipinski definition) is 0. The highest BCUT2D eigenvalue weighted by atomic mass is 19.4. The first-order chi connectivity index (χ1) is 12.3. The fourth-order valence-electron chi connectivity index (χ4n) is 3.06. The summed E-state index contributed by atoms with van der Waals surface area (Å²) in [5, 5.41) is 0. The van der Waals surface area contributed by atoms with Crippen molar-refractivity contribution in [3.63, 3.8) is 0 Å². The molecule has 0 aromatic heterocycles. The van der Waals surface area contributed by atoms with Gasteiger partial charge in [0, 0.05) is 25.3 Å². The maximum absolute atomic E-state index is 13.0. The number of carbonyl (C=O) groups excluding carboxylic acids is 1. The molecule has 3 nitrogen and oxygen atoms in total. The molecule has 2 aromatic carbocycles. The summed E-state index contributed by atoms with van der Waals surface area (Å²) < 4.78 is 51.7. The Hall–Kier alpha value is -2.41. The quantitative estimate of drug-likeness (QED) is 0.764. The van der Waals surface area contributed by atoms with Crippen LogP contribution in [0, 0.1) is 5.82 Å². The second-order valence-electron chi connectivity index (χ2n) is 6.31. The molecule has 0 aliphatic carbocycles. The third kappa shape index (κ3) is 3.88. The molecule has 1 aliphatic rings. The van der Waals surface area contributed by atoms with Crippen molar-refractivity contribution in [2.24, 2.45) is 0 Å². The second-order valence-corrected chi connectivity index (χ2v) is 6.31. The number of amides is 1. The van der Waals surface area contributed by atoms with Gasteiger partial charge < -0.3 is 4.90 Å². The standard InChI is InChI=1S/C19H18F4N2O/c1-13-18(26)25(17-4-2-3-15(11-17)19(21,22)23)10-9-24(13)12-14-5-7-16(20)8-6-14/h2-8,11,13H,9-10,12H2,1H3/t13-/m1/s1. The molecule has 0 radical (unpaired) electrons. The highest BCUT2D eigenvalue weighted by molar-refractivity contribution is 5.97. The third-order valence-corrected chi connectivity index (χ3v) is 4.57. The zero-order chi connectivity index (χ0) is 18.9. The predicted molar refractivity (Wildman–Crippen MR) is 90.1 cm³/mol. The van der Waals surface area contributed by atoms with Gasteiger partial charge >= 0.3 is 6.18 Å². The molecule has 1 aliphatic heterocycles. The van der Waals surface area contributed by atoms with Crippen LogP contribution in [0.3, 0.4) is 0 Å². The van der Waals surface area contributed by atoms with Gasteiger partial charge in [0.05, 0.1) is 11.6 Å². The van der Waals surface area contributed by atoms with E-state index in [0.29, 0.717) is 19.6 Å². The van der Waals surface area contributed by atoms with Gasteiger partial charge in [-0.05, 0) is 42.8 Å². The molecule has 138 valence electrons. The lowest BCUT2D eigenvalue weighted by molar-refractivity contribution is -0.137. The Morgan fingerprint density at radius 1 is 1.08 bits per heavy atom. The average molecular weight is 366 g/mol. The van der Waals surface area contributed by atoms with Crippen LogP contribution in [0.25, 0.3) is 0 Å². The fraction of sp³-hybridized carbons (Fsp3) is 0.316. The van der Waals surface area contributed by atoms with E-state index in [1.165, 1.54) is 29.2 Å². The molecule has 0 saturated carbocycles. The fourth-order valence-corrected chi connectivity index (χ4v) is 3.06. The van der Waals surface area contributed by atoms with Crippen LogP contribution in [0.4, 0.5) is 23.2 Å². The van der Waals surface area contributed by atoms with Gasteiger partial charge in [0.15, 0.2) is 0 Å². The number of halogens is 4. The number of anilines is 1. The van der Waals surface area contributed by atoms with Crippen molar-refractivity contribution >= 4 is 11.6 Å². The molecule has 1 atom stereocenters. The molecule has 26 heavy (non-hydrogen) atoms. The average Bonchev–Trinajstić information content (AvgIpc) is 2.60. The van der Waals surface area contributed by atoms with Crippen molar-refractivity contribution in [1.82, 2.24) is 4.90 Å². The van der Waals surface area contributed by atoms with Gasteiger partial charge in [0.2, 0.25) is 5.91 Å². The summed E-state index contributed by atoms with van der Waals surface area (Å²) in [6, 6.07) is 10.4. The van der Waals surface area contributed by atoms with Crippen molar-refractivity contribution < 1.29 is 22.4 Å². The van der Waals surface area contributed by atoms with E-state index in [2.05, 4.69) is 0 Å². The van der Waals surface area contributed by atoms with E-state index >= 15 is 0 Å². The minimum atomic E-state index is -4.45. The van der Waals surface area contributed by atoms with Crippen molar-refractivity contribution in [2.75, 3.05) is 18.0 Å². The van der Waals surface area contributed by atoms with Crippen LogP contribution in [0.1, 0.15) is 18.1 Å². The lowest BCUT2D eigenvalue weighted by Crippen LogP contribution is -2.55. The topological polar surface area (TPSA) is 23.6 Å². The van der Waals surface area contributed by atoms with Gasteiger partial charge in [-0.2, -0.15) is 13.2 Å². The lowest BCUT2D eigenvalue weighted by Gasteiger charge is -2.39. The first kappa shape index (κ1) is 18.4. The Labute approximate surface area is 148 Å². The predicted octanol–water partition coefficient (Wildman–Crippen LogP) is 4.08. The SMILES string of the molecule is C[C@@H]1C(=O)N(c2cccc(C(F)(F)F)c2)CCN1Cc1ccc(F)cc1. The third-order valence-electron chi connectivity index (χ3n) is 4.57. The van der Waals surface area contributed by atoms with Gasteiger partial charge in [0.1, 0.15) is 5.82 Å². The second kappa shape index (κ2) is 7.07. The summed E-state index contributed by atoms with van der Waals surface area (Å²) in [5.74, 6) is -0.579. The smallest absolute Gasteiger partial charge is 0.310 e. The van der Waals surface area contributed by atoms with E-state index in [-0.39, 0.29) is 17.4 Å². The van der Waals surface area contributed by atoms with Gasteiger partial charge in [-0.15, -0.1) is 0 Å². The highest BCUT2D eigenvalue weighted by Crippen LogP contribution is 2.32. The van der Waals surface area contributed by atoms with Crippen LogP contribution in [0.2, 0.25) is 0 Å². The van der Waals surface area contributed by atoms with Crippen molar-refractivity contribution in [1.29, 1.82) is 0 Å². The van der Waals surface area contributed by atoms with Crippen LogP contribution < -0.4 is 4.90 Å². The van der Waals surface area contributed by atoms with Crippen molar-refractivity contribution in [2.45, 2.75) is 25.7 Å². The Balaban J connectivity index is 1.74. The summed E-state index contributed by atoms with van der Waals surface area (Å²) in [6.07, 6.45) is -4.45. The maximum atomic E-state index is 13.0. The summed E-state index contributed by atoms with van der Waals surface area (Å²) in [7, 11) is 0. The number of hydrogen-bond acceptors (Lipinski definition) is 2. The van der Waals surface area contributed by atoms with Gasteiger partial charge in [-0.1, -0.05) is 18.2 Å². The summed E-state index contributed by atoms with van der Waals surface area (Å²) >= 11 is 0. The van der Waals surface area contributed by atoms with E-state index in [1.807, 2.05) is 4.90 Å². The number of piperazine rings is 1. The Bertz CT molecular complexity index is 789. The molecule has 1 heterocycles. The number of rotatable bonds is 3. The molecule has 3 rings (SSSR count). The normalized spacial score (nSPS) is 19.0. The van der Waals surface area contributed by atoms with Crippen LogP contribution in [0.5, 0.6) is 0 Å². The molecule has 0 bridgehead atoms. The van der Waals surface area contributed by atoms with Crippen LogP contribution >= 0.6 is 0 Å². The Kier molecular flexibility index (Phi) is 5.00. The van der Waals surface area contributed by atoms with E-state index in [0.717, 1.165) is 17.7 Å². The minimum Gasteiger partial charge on any atom is -0.310 e. The van der Waals surface area contributed by atoms with E-state index in [1.54, 1.807) is 19.1 Å². The van der Waals surface area contributed by atoms with Crippen LogP contribution in [0.15, 0.2) is 48.5 Å². The number of alkyl halides is 3. The minimum absolute atomic E-state index is 0.248. The van der Waals surface area contributed by atoms with Gasteiger partial charge in [-0.25, -0.2) is 4.39 Å². The van der Waals surface area contributed by atoms with E-state index in [4.69, 9.17) is 0 Å². The highest BCUT2D eigenvalue weighted by Gasteiger charge is 2.34. The number of nitrogens with zero attached hydrogens (tertiary/aromatic N) is 2. The Morgan fingerprint density at radius 3 is 2.42 bits per heavy atom. The molecule has 2 aromatic rings. The summed E-state index contributed by atoms with van der Waals surface area (Å²) in [5.41, 5.74) is 0.348.